The molecule has 0 fully saturated rings. The molecule has 0 unspecified atom stereocenters. The Labute approximate surface area is 237 Å². The molecule has 0 amide bonds. The molecule has 3 aromatic rings. The van der Waals surface area contributed by atoms with Crippen molar-refractivity contribution in [1.82, 2.24) is 4.31 Å². The number of halogens is 1. The highest BCUT2D eigenvalue weighted by molar-refractivity contribution is 7.89. The van der Waals surface area contributed by atoms with Gasteiger partial charge in [0, 0.05) is 30.9 Å². The molecule has 0 bridgehead atoms. The summed E-state index contributed by atoms with van der Waals surface area (Å²) in [6.45, 7) is 8.63. The van der Waals surface area contributed by atoms with Crippen LogP contribution in [-0.4, -0.2) is 45.6 Å². The molecule has 1 atom stereocenters. The third kappa shape index (κ3) is 6.12. The van der Waals surface area contributed by atoms with E-state index in [0.29, 0.717) is 46.0 Å². The van der Waals surface area contributed by atoms with E-state index in [4.69, 9.17) is 20.6 Å². The summed E-state index contributed by atoms with van der Waals surface area (Å²) in [5, 5.41) is 0.771. The van der Waals surface area contributed by atoms with Gasteiger partial charge in [0.2, 0.25) is 10.0 Å². The molecular weight excluding hydrogens is 555 g/mol. The van der Waals surface area contributed by atoms with Crippen LogP contribution < -0.4 is 10.2 Å². The highest BCUT2D eigenvalue weighted by Crippen LogP contribution is 2.48. The van der Waals surface area contributed by atoms with Crippen LogP contribution >= 0.6 is 19.2 Å². The molecule has 3 aromatic carbocycles. The number of nitrogens with zero attached hydrogens (tertiary/aromatic N) is 2. The fourth-order valence-corrected chi connectivity index (χ4v) is 8.39. The Morgan fingerprint density at radius 2 is 1.67 bits per heavy atom. The molecule has 0 radical (unpaired) electrons. The van der Waals surface area contributed by atoms with Gasteiger partial charge in [-0.05, 0) is 68.1 Å². The predicted octanol–water partition coefficient (Wildman–Crippen LogP) is 7.09. The van der Waals surface area contributed by atoms with Gasteiger partial charge in [-0.3, -0.25) is 4.57 Å². The van der Waals surface area contributed by atoms with E-state index < -0.39 is 17.6 Å². The maximum atomic E-state index is 14.1. The van der Waals surface area contributed by atoms with E-state index in [1.54, 1.807) is 51.2 Å². The van der Waals surface area contributed by atoms with Crippen LogP contribution in [0.15, 0.2) is 71.6 Å². The highest BCUT2D eigenvalue weighted by atomic mass is 35.5. The van der Waals surface area contributed by atoms with Gasteiger partial charge in [-0.1, -0.05) is 55.8 Å². The van der Waals surface area contributed by atoms with Crippen molar-refractivity contribution in [3.63, 3.8) is 0 Å². The largest absolute Gasteiger partial charge is 0.361 e. The summed E-state index contributed by atoms with van der Waals surface area (Å²) in [4.78, 5) is 2.20. The lowest BCUT2D eigenvalue weighted by atomic mass is 10.0. The van der Waals surface area contributed by atoms with Gasteiger partial charge in [-0.15, -0.1) is 0 Å². The van der Waals surface area contributed by atoms with Crippen LogP contribution in [0.2, 0.25) is 5.02 Å². The molecule has 0 saturated heterocycles. The predicted molar refractivity (Wildman–Crippen MR) is 159 cm³/mol. The fraction of sp³-hybridized carbons (Fsp3) is 0.379. The van der Waals surface area contributed by atoms with Crippen molar-refractivity contribution in [3.8, 4) is 11.1 Å². The monoisotopic (exact) mass is 590 g/mol. The van der Waals surface area contributed by atoms with Crippen molar-refractivity contribution >= 4 is 45.9 Å². The van der Waals surface area contributed by atoms with Crippen LogP contribution in [0.4, 0.5) is 11.4 Å². The average Bonchev–Trinajstić information content (AvgIpc) is 2.97. The molecule has 0 N–H and O–H groups in total. The third-order valence-electron chi connectivity index (χ3n) is 6.79. The molecule has 1 aliphatic rings. The first-order chi connectivity index (χ1) is 18.5. The summed E-state index contributed by atoms with van der Waals surface area (Å²) in [7, 11) is -5.77. The second-order valence-corrected chi connectivity index (χ2v) is 14.3. The molecule has 1 aliphatic heterocycles. The first kappa shape index (κ1) is 29.8. The number of hydrogen-bond acceptors (Lipinski definition) is 6. The standard InChI is InChI=1S/C29H36ClN2O5PS/c1-6-36-38(33,37-7-2)25-15-11-12-22(17-25)26-18-29-28(19-27(26)30)32(23-13-9-8-10-14-23)20-24(16-21(3)4)31(5)39(29,34)35/h8-15,17-19,21,24H,6-7,16,20H2,1-5H3/t24-/m1/s1. The van der Waals surface area contributed by atoms with E-state index in [-0.39, 0.29) is 24.2 Å². The number of likely N-dealkylation sites (N-methyl/N-ethyl adjacent to an activating group) is 1. The maximum absolute atomic E-state index is 14.1. The van der Waals surface area contributed by atoms with Crippen LogP contribution in [0, 0.1) is 5.92 Å². The van der Waals surface area contributed by atoms with Crippen LogP contribution in [0.5, 0.6) is 0 Å². The topological polar surface area (TPSA) is 76.2 Å². The van der Waals surface area contributed by atoms with Crippen molar-refractivity contribution in [3.05, 3.63) is 71.8 Å². The smallest absolute Gasteiger partial charge is 0.339 e. The van der Waals surface area contributed by atoms with E-state index >= 15 is 0 Å². The number of hydrogen-bond donors (Lipinski definition) is 0. The SMILES string of the molecule is CCOP(=O)(OCC)c1cccc(-c2cc3c(cc2Cl)N(c2ccccc2)C[C@@H](CC(C)C)N(C)S3(=O)=O)c1. The van der Waals surface area contributed by atoms with Crippen molar-refractivity contribution in [2.24, 2.45) is 5.92 Å². The maximum Gasteiger partial charge on any atom is 0.361 e. The lowest BCUT2D eigenvalue weighted by Crippen LogP contribution is -2.41. The Hall–Kier alpha value is -2.19. The highest BCUT2D eigenvalue weighted by Gasteiger charge is 2.38. The zero-order valence-corrected chi connectivity index (χ0v) is 25.5. The average molecular weight is 591 g/mol. The molecule has 0 saturated carbocycles. The fourth-order valence-electron chi connectivity index (χ4n) is 4.95. The van der Waals surface area contributed by atoms with E-state index in [2.05, 4.69) is 13.8 Å². The van der Waals surface area contributed by atoms with Gasteiger partial charge in [0.25, 0.3) is 0 Å². The van der Waals surface area contributed by atoms with Gasteiger partial charge in [0.05, 0.1) is 29.2 Å². The van der Waals surface area contributed by atoms with Gasteiger partial charge in [-0.2, -0.15) is 4.31 Å². The summed E-state index contributed by atoms with van der Waals surface area (Å²) < 4.78 is 54.1. The molecule has 4 rings (SSSR count). The number of para-hydroxylation sites is 1. The number of rotatable bonds is 9. The molecule has 0 aromatic heterocycles. The summed E-state index contributed by atoms with van der Waals surface area (Å²) in [6, 6.07) is 19.8. The Bertz CT molecular complexity index is 1460. The summed E-state index contributed by atoms with van der Waals surface area (Å²) in [6.07, 6.45) is 0.708. The summed E-state index contributed by atoms with van der Waals surface area (Å²) in [5.74, 6) is 0.305. The molecule has 210 valence electrons. The second kappa shape index (κ2) is 12.1. The minimum Gasteiger partial charge on any atom is -0.339 e. The summed E-state index contributed by atoms with van der Waals surface area (Å²) in [5.41, 5.74) is 2.55. The van der Waals surface area contributed by atoms with Crippen molar-refractivity contribution in [2.45, 2.75) is 45.1 Å². The molecule has 10 heteroatoms. The Balaban J connectivity index is 1.92. The third-order valence-corrected chi connectivity index (χ3v) is 11.1. The van der Waals surface area contributed by atoms with Crippen LogP contribution in [0.3, 0.4) is 0 Å². The number of benzene rings is 3. The zero-order chi connectivity index (χ0) is 28.4. The summed E-state index contributed by atoms with van der Waals surface area (Å²) >= 11 is 6.87. The first-order valence-electron chi connectivity index (χ1n) is 13.2. The number of anilines is 2. The molecule has 0 spiro atoms. The minimum atomic E-state index is -3.87. The van der Waals surface area contributed by atoms with Crippen molar-refractivity contribution < 1.29 is 22.0 Å². The van der Waals surface area contributed by atoms with Gasteiger partial charge in [0.15, 0.2) is 0 Å². The van der Waals surface area contributed by atoms with E-state index in [0.717, 1.165) is 5.69 Å². The van der Waals surface area contributed by atoms with Gasteiger partial charge in [-0.25, -0.2) is 8.42 Å². The van der Waals surface area contributed by atoms with Crippen LogP contribution in [0.1, 0.15) is 34.1 Å². The quantitative estimate of drug-likeness (QED) is 0.248. The normalized spacial score (nSPS) is 17.7. The molecule has 1 heterocycles. The zero-order valence-electron chi connectivity index (χ0n) is 23.0. The van der Waals surface area contributed by atoms with Crippen molar-refractivity contribution in [1.29, 1.82) is 0 Å². The van der Waals surface area contributed by atoms with E-state index in [9.17, 15) is 13.0 Å². The Kier molecular flexibility index (Phi) is 9.26. The van der Waals surface area contributed by atoms with Gasteiger partial charge < -0.3 is 13.9 Å². The Morgan fingerprint density at radius 1 is 1.00 bits per heavy atom. The first-order valence-corrected chi connectivity index (χ1v) is 16.5. The van der Waals surface area contributed by atoms with Crippen molar-refractivity contribution in [2.75, 3.05) is 31.7 Å². The van der Waals surface area contributed by atoms with Gasteiger partial charge in [0.1, 0.15) is 4.90 Å². The Morgan fingerprint density at radius 3 is 2.28 bits per heavy atom. The van der Waals surface area contributed by atoms with Crippen LogP contribution in [-0.2, 0) is 23.6 Å². The molecule has 7 nitrogen and oxygen atoms in total. The lowest BCUT2D eigenvalue weighted by molar-refractivity contribution is 0.230. The number of sulfonamides is 1. The lowest BCUT2D eigenvalue weighted by Gasteiger charge is -2.30. The van der Waals surface area contributed by atoms with Gasteiger partial charge >= 0.3 is 7.60 Å². The molecule has 0 aliphatic carbocycles. The molecule has 39 heavy (non-hydrogen) atoms. The number of fused-ring (bicyclic) bond motifs is 1. The van der Waals surface area contributed by atoms with Crippen LogP contribution in [0.25, 0.3) is 11.1 Å². The van der Waals surface area contributed by atoms with E-state index in [1.807, 2.05) is 41.3 Å². The molecular formula is C29H36ClN2O5PS. The minimum absolute atomic E-state index is 0.169. The van der Waals surface area contributed by atoms with E-state index in [1.165, 1.54) is 4.31 Å². The second-order valence-electron chi connectivity index (χ2n) is 9.93.